The zero-order valence-electron chi connectivity index (χ0n) is 20.7. The Morgan fingerprint density at radius 1 is 1.00 bits per heavy atom. The van der Waals surface area contributed by atoms with Crippen molar-refractivity contribution in [3.63, 3.8) is 0 Å². The molecule has 6 rings (SSSR count). The fraction of sp³-hybridized carbons (Fsp3) is 0.133. The minimum atomic E-state index is -0.491. The molecule has 0 radical (unpaired) electrons. The first-order chi connectivity index (χ1) is 18.5. The highest BCUT2D eigenvalue weighted by molar-refractivity contribution is 6.33. The van der Waals surface area contributed by atoms with E-state index in [1.54, 1.807) is 29.2 Å². The van der Waals surface area contributed by atoms with Crippen LogP contribution in [-0.4, -0.2) is 25.3 Å². The van der Waals surface area contributed by atoms with Gasteiger partial charge < -0.3 is 14.8 Å². The summed E-state index contributed by atoms with van der Waals surface area (Å²) in [4.78, 5) is 15.8. The SMILES string of the molecule is CCc1nn(-c2ccccc2)c2c1CN(C(=O)Nc1ccccc1Cl)C(c1ccc(F)cc1)c1cccn1-2. The highest BCUT2D eigenvalue weighted by Gasteiger charge is 2.36. The second kappa shape index (κ2) is 9.84. The summed E-state index contributed by atoms with van der Waals surface area (Å²) in [6.45, 7) is 2.36. The Bertz CT molecular complexity index is 1610. The average molecular weight is 526 g/mol. The van der Waals surface area contributed by atoms with Crippen LogP contribution in [0.1, 0.15) is 35.5 Å². The van der Waals surface area contributed by atoms with Crippen molar-refractivity contribution in [2.45, 2.75) is 25.9 Å². The van der Waals surface area contributed by atoms with Crippen LogP contribution in [0.25, 0.3) is 11.5 Å². The molecular weight excluding hydrogens is 501 g/mol. The van der Waals surface area contributed by atoms with E-state index in [9.17, 15) is 9.18 Å². The molecule has 0 bridgehead atoms. The number of fused-ring (bicyclic) bond motifs is 3. The number of aryl methyl sites for hydroxylation is 1. The van der Waals surface area contributed by atoms with Crippen LogP contribution < -0.4 is 5.32 Å². The minimum absolute atomic E-state index is 0.297. The number of rotatable bonds is 4. The zero-order chi connectivity index (χ0) is 26.2. The van der Waals surface area contributed by atoms with E-state index in [4.69, 9.17) is 16.7 Å². The summed E-state index contributed by atoms with van der Waals surface area (Å²) < 4.78 is 18.0. The lowest BCUT2D eigenvalue weighted by molar-refractivity contribution is 0.194. The van der Waals surface area contributed by atoms with Crippen LogP contribution in [-0.2, 0) is 13.0 Å². The summed E-state index contributed by atoms with van der Waals surface area (Å²) in [6.07, 6.45) is 2.68. The summed E-state index contributed by atoms with van der Waals surface area (Å²) in [7, 11) is 0. The van der Waals surface area contributed by atoms with Gasteiger partial charge in [-0.05, 0) is 60.5 Å². The summed E-state index contributed by atoms with van der Waals surface area (Å²) in [5, 5.41) is 8.41. The molecule has 8 heteroatoms. The molecule has 0 fully saturated rings. The Morgan fingerprint density at radius 2 is 1.74 bits per heavy atom. The third-order valence-electron chi connectivity index (χ3n) is 6.87. The van der Waals surface area contributed by atoms with Gasteiger partial charge in [-0.15, -0.1) is 0 Å². The van der Waals surface area contributed by atoms with Gasteiger partial charge >= 0.3 is 6.03 Å². The van der Waals surface area contributed by atoms with Gasteiger partial charge in [0.2, 0.25) is 0 Å². The molecule has 0 saturated heterocycles. The van der Waals surface area contributed by atoms with Crippen molar-refractivity contribution in [1.82, 2.24) is 19.2 Å². The monoisotopic (exact) mass is 525 g/mol. The van der Waals surface area contributed by atoms with Gasteiger partial charge in [-0.2, -0.15) is 5.10 Å². The van der Waals surface area contributed by atoms with Gasteiger partial charge in [0.15, 0.2) is 0 Å². The molecule has 2 amide bonds. The van der Waals surface area contributed by atoms with E-state index < -0.39 is 6.04 Å². The molecule has 0 aliphatic carbocycles. The molecule has 5 aromatic rings. The lowest BCUT2D eigenvalue weighted by Crippen LogP contribution is -2.38. The predicted octanol–water partition coefficient (Wildman–Crippen LogP) is 7.16. The number of aromatic nitrogens is 3. The number of halogens is 2. The largest absolute Gasteiger partial charge is 0.323 e. The number of carbonyl (C=O) groups is 1. The number of hydrogen-bond donors (Lipinski definition) is 1. The number of anilines is 1. The average Bonchev–Trinajstić information content (AvgIpc) is 3.52. The van der Waals surface area contributed by atoms with E-state index >= 15 is 0 Å². The van der Waals surface area contributed by atoms with E-state index in [-0.39, 0.29) is 11.8 Å². The smallest absolute Gasteiger partial charge is 0.307 e. The Balaban J connectivity index is 1.56. The maximum atomic E-state index is 14.0. The lowest BCUT2D eigenvalue weighted by atomic mass is 10.0. The predicted molar refractivity (Wildman–Crippen MR) is 147 cm³/mol. The van der Waals surface area contributed by atoms with Crippen LogP contribution in [0.2, 0.25) is 5.02 Å². The first-order valence-electron chi connectivity index (χ1n) is 12.5. The number of benzene rings is 3. The first-order valence-corrected chi connectivity index (χ1v) is 12.8. The maximum Gasteiger partial charge on any atom is 0.323 e. The van der Waals surface area contributed by atoms with Crippen LogP contribution in [0.5, 0.6) is 0 Å². The highest BCUT2D eigenvalue weighted by Crippen LogP contribution is 2.39. The summed E-state index contributed by atoms with van der Waals surface area (Å²) >= 11 is 6.38. The molecule has 6 nitrogen and oxygen atoms in total. The van der Waals surface area contributed by atoms with Gasteiger partial charge in [-0.1, -0.05) is 61.0 Å². The summed E-state index contributed by atoms with van der Waals surface area (Å²) in [5.74, 6) is 0.550. The third kappa shape index (κ3) is 4.15. The van der Waals surface area contributed by atoms with Gasteiger partial charge in [0.25, 0.3) is 0 Å². The quantitative estimate of drug-likeness (QED) is 0.271. The highest BCUT2D eigenvalue weighted by atomic mass is 35.5. The van der Waals surface area contributed by atoms with Gasteiger partial charge in [0.05, 0.1) is 40.4 Å². The Kier molecular flexibility index (Phi) is 6.21. The topological polar surface area (TPSA) is 55.1 Å². The van der Waals surface area contributed by atoms with Crippen molar-refractivity contribution >= 4 is 23.3 Å². The molecule has 1 unspecified atom stereocenters. The van der Waals surface area contributed by atoms with Crippen LogP contribution in [0.3, 0.4) is 0 Å². The second-order valence-corrected chi connectivity index (χ2v) is 9.55. The van der Waals surface area contributed by atoms with Crippen molar-refractivity contribution in [2.24, 2.45) is 0 Å². The van der Waals surface area contributed by atoms with Gasteiger partial charge in [-0.25, -0.2) is 13.9 Å². The minimum Gasteiger partial charge on any atom is -0.307 e. The molecule has 190 valence electrons. The molecule has 2 aromatic heterocycles. The Hall–Kier alpha value is -4.36. The van der Waals surface area contributed by atoms with Crippen LogP contribution in [0, 0.1) is 5.82 Å². The second-order valence-electron chi connectivity index (χ2n) is 9.14. The first kappa shape index (κ1) is 24.0. The molecule has 1 N–H and O–H groups in total. The van der Waals surface area contributed by atoms with E-state index in [0.717, 1.165) is 34.0 Å². The molecule has 1 aliphatic rings. The molecule has 1 atom stereocenters. The van der Waals surface area contributed by atoms with Crippen molar-refractivity contribution in [3.8, 4) is 11.5 Å². The lowest BCUT2D eigenvalue weighted by Gasteiger charge is -2.31. The molecule has 0 saturated carbocycles. The normalized spacial score (nSPS) is 14.5. The standard InChI is InChI=1S/C30H25ClFN5O/c1-2-25-23-19-36(30(38)33-26-12-7-6-11-24(26)31)28(20-14-16-21(32)17-15-20)27-13-8-18-35(27)29(23)37(34-25)22-9-4-3-5-10-22/h3-18,28H,2,19H2,1H3,(H,33,38). The van der Waals surface area contributed by atoms with Gasteiger partial charge in [-0.3, -0.25) is 0 Å². The number of carbonyl (C=O) groups excluding carboxylic acids is 1. The Labute approximate surface area is 224 Å². The number of amides is 2. The van der Waals surface area contributed by atoms with Crippen LogP contribution in [0.4, 0.5) is 14.9 Å². The molecule has 38 heavy (non-hydrogen) atoms. The number of nitrogens with zero attached hydrogens (tertiary/aromatic N) is 4. The van der Waals surface area contributed by atoms with E-state index in [2.05, 4.69) is 16.8 Å². The van der Waals surface area contributed by atoms with Crippen LogP contribution in [0.15, 0.2) is 97.2 Å². The van der Waals surface area contributed by atoms with Crippen molar-refractivity contribution in [1.29, 1.82) is 0 Å². The molecule has 0 spiro atoms. The van der Waals surface area contributed by atoms with E-state index in [1.807, 2.05) is 65.5 Å². The van der Waals surface area contributed by atoms with Crippen LogP contribution >= 0.6 is 11.6 Å². The van der Waals surface area contributed by atoms with Crippen molar-refractivity contribution in [2.75, 3.05) is 5.32 Å². The molecule has 1 aliphatic heterocycles. The Morgan fingerprint density at radius 3 is 2.47 bits per heavy atom. The van der Waals surface area contributed by atoms with Crippen molar-refractivity contribution in [3.05, 3.63) is 131 Å². The fourth-order valence-corrected chi connectivity index (χ4v) is 5.28. The summed E-state index contributed by atoms with van der Waals surface area (Å²) in [5.41, 5.74) is 4.96. The molecular formula is C30H25ClFN5O. The number of nitrogens with one attached hydrogen (secondary N) is 1. The van der Waals surface area contributed by atoms with E-state index in [1.165, 1.54) is 12.1 Å². The summed E-state index contributed by atoms with van der Waals surface area (Å²) in [6, 6.07) is 26.5. The molecule has 3 aromatic carbocycles. The van der Waals surface area contributed by atoms with E-state index in [0.29, 0.717) is 23.7 Å². The number of urea groups is 1. The van der Waals surface area contributed by atoms with Gasteiger partial charge in [0, 0.05) is 11.8 Å². The number of para-hydroxylation sites is 2. The maximum absolute atomic E-state index is 14.0. The fourth-order valence-electron chi connectivity index (χ4n) is 5.09. The van der Waals surface area contributed by atoms with Crippen molar-refractivity contribution < 1.29 is 9.18 Å². The van der Waals surface area contributed by atoms with Gasteiger partial charge in [0.1, 0.15) is 11.6 Å². The zero-order valence-corrected chi connectivity index (χ0v) is 21.4. The third-order valence-corrected chi connectivity index (χ3v) is 7.20. The number of hydrogen-bond acceptors (Lipinski definition) is 2. The molecule has 3 heterocycles.